The van der Waals surface area contributed by atoms with Crippen LogP contribution in [0.25, 0.3) is 0 Å². The third kappa shape index (κ3) is 4.29. The first-order valence-corrected chi connectivity index (χ1v) is 5.54. The number of anilines is 2. The van der Waals surface area contributed by atoms with Gasteiger partial charge in [0.1, 0.15) is 12.7 Å². The molecule has 0 radical (unpaired) electrons. The van der Waals surface area contributed by atoms with Crippen LogP contribution in [0.1, 0.15) is 13.3 Å². The maximum Gasteiger partial charge on any atom is 0.315 e. The molecule has 0 fully saturated rings. The van der Waals surface area contributed by atoms with Gasteiger partial charge in [-0.25, -0.2) is 0 Å². The van der Waals surface area contributed by atoms with E-state index in [9.17, 15) is 9.59 Å². The molecule has 5 nitrogen and oxygen atoms in total. The summed E-state index contributed by atoms with van der Waals surface area (Å²) in [4.78, 5) is 21.5. The second kappa shape index (κ2) is 7.11. The van der Waals surface area contributed by atoms with Crippen molar-refractivity contribution < 1.29 is 14.3 Å². The number of carbonyl (C=O) groups excluding carboxylic acids is 2. The molecule has 96 valence electrons. The largest absolute Gasteiger partial charge is 0.438 e. The van der Waals surface area contributed by atoms with E-state index in [4.69, 9.17) is 10.5 Å². The SMILES string of the molecule is CC=CC(Nc1ccccc1N)OC(=O)CC=O. The maximum absolute atomic E-state index is 11.2. The van der Waals surface area contributed by atoms with Gasteiger partial charge in [0.15, 0.2) is 6.23 Å². The van der Waals surface area contributed by atoms with Crippen molar-refractivity contribution in [1.29, 1.82) is 0 Å². The molecule has 0 aliphatic heterocycles. The Morgan fingerprint density at radius 2 is 2.22 bits per heavy atom. The minimum Gasteiger partial charge on any atom is -0.438 e. The van der Waals surface area contributed by atoms with E-state index >= 15 is 0 Å². The molecule has 18 heavy (non-hydrogen) atoms. The number of rotatable bonds is 6. The van der Waals surface area contributed by atoms with Crippen LogP contribution in [-0.4, -0.2) is 18.5 Å². The van der Waals surface area contributed by atoms with E-state index in [1.165, 1.54) is 0 Å². The summed E-state index contributed by atoms with van der Waals surface area (Å²) >= 11 is 0. The Morgan fingerprint density at radius 3 is 2.83 bits per heavy atom. The fourth-order valence-corrected chi connectivity index (χ4v) is 1.33. The van der Waals surface area contributed by atoms with Gasteiger partial charge in [0.05, 0.1) is 11.4 Å². The van der Waals surface area contributed by atoms with Gasteiger partial charge in [0, 0.05) is 0 Å². The van der Waals surface area contributed by atoms with Crippen molar-refractivity contribution in [3.63, 3.8) is 0 Å². The molecule has 1 rings (SSSR count). The first-order valence-electron chi connectivity index (χ1n) is 5.54. The summed E-state index contributed by atoms with van der Waals surface area (Å²) in [6.45, 7) is 1.80. The summed E-state index contributed by atoms with van der Waals surface area (Å²) in [5.74, 6) is -0.588. The average Bonchev–Trinajstić information content (AvgIpc) is 2.32. The summed E-state index contributed by atoms with van der Waals surface area (Å²) in [6, 6.07) is 7.14. The van der Waals surface area contributed by atoms with E-state index in [1.54, 1.807) is 31.2 Å². The minimum atomic E-state index is -0.646. The Morgan fingerprint density at radius 1 is 1.50 bits per heavy atom. The molecule has 0 saturated heterocycles. The number of aldehydes is 1. The lowest BCUT2D eigenvalue weighted by atomic mass is 10.2. The number of hydrogen-bond acceptors (Lipinski definition) is 5. The normalized spacial score (nSPS) is 12.1. The van der Waals surface area contributed by atoms with E-state index in [2.05, 4.69) is 5.32 Å². The molecule has 0 aliphatic carbocycles. The summed E-state index contributed by atoms with van der Waals surface area (Å²) in [5.41, 5.74) is 6.99. The maximum atomic E-state index is 11.2. The topological polar surface area (TPSA) is 81.4 Å². The number of nitrogens with one attached hydrogen (secondary N) is 1. The number of para-hydroxylation sites is 2. The molecule has 0 spiro atoms. The van der Waals surface area contributed by atoms with E-state index in [-0.39, 0.29) is 6.42 Å². The molecule has 5 heteroatoms. The van der Waals surface area contributed by atoms with Crippen LogP contribution in [0.5, 0.6) is 0 Å². The van der Waals surface area contributed by atoms with Crippen molar-refractivity contribution in [2.45, 2.75) is 19.6 Å². The lowest BCUT2D eigenvalue weighted by Gasteiger charge is -2.17. The minimum absolute atomic E-state index is 0.264. The Labute approximate surface area is 106 Å². The van der Waals surface area contributed by atoms with Crippen LogP contribution in [0.3, 0.4) is 0 Å². The highest BCUT2D eigenvalue weighted by atomic mass is 16.6. The summed E-state index contributed by atoms with van der Waals surface area (Å²) in [6.07, 6.45) is 3.00. The van der Waals surface area contributed by atoms with Crippen molar-refractivity contribution in [2.24, 2.45) is 0 Å². The summed E-state index contributed by atoms with van der Waals surface area (Å²) in [7, 11) is 0. The van der Waals surface area contributed by atoms with Crippen molar-refractivity contribution in [2.75, 3.05) is 11.1 Å². The van der Waals surface area contributed by atoms with Crippen LogP contribution in [0.4, 0.5) is 11.4 Å². The van der Waals surface area contributed by atoms with Gasteiger partial charge in [0.25, 0.3) is 0 Å². The second-order valence-corrected chi connectivity index (χ2v) is 3.54. The summed E-state index contributed by atoms with van der Waals surface area (Å²) in [5, 5.41) is 2.97. The van der Waals surface area contributed by atoms with Crippen LogP contribution < -0.4 is 11.1 Å². The molecule has 0 saturated carbocycles. The number of carbonyl (C=O) groups is 2. The molecule has 1 aromatic rings. The molecular formula is C13H16N2O3. The number of ether oxygens (including phenoxy) is 1. The Kier molecular flexibility index (Phi) is 5.44. The number of esters is 1. The standard InChI is InChI=1S/C13H16N2O3/c1-2-5-12(18-13(17)8-9-16)15-11-7-4-3-6-10(11)14/h2-7,9,12,15H,8,14H2,1H3. The number of nitrogens with two attached hydrogens (primary N) is 1. The molecule has 1 aromatic carbocycles. The van der Waals surface area contributed by atoms with Crippen molar-refractivity contribution in [1.82, 2.24) is 0 Å². The van der Waals surface area contributed by atoms with Crippen LogP contribution in [0, 0.1) is 0 Å². The molecule has 3 N–H and O–H groups in total. The molecular weight excluding hydrogens is 232 g/mol. The lowest BCUT2D eigenvalue weighted by molar-refractivity contribution is -0.146. The Hall–Kier alpha value is -2.30. The van der Waals surface area contributed by atoms with E-state index < -0.39 is 12.2 Å². The fourth-order valence-electron chi connectivity index (χ4n) is 1.33. The summed E-state index contributed by atoms with van der Waals surface area (Å²) < 4.78 is 5.07. The predicted octanol–water partition coefficient (Wildman–Crippen LogP) is 1.72. The average molecular weight is 248 g/mol. The van der Waals surface area contributed by atoms with Crippen LogP contribution in [0.15, 0.2) is 36.4 Å². The Bertz CT molecular complexity index is 444. The molecule has 1 unspecified atom stereocenters. The third-order valence-corrected chi connectivity index (χ3v) is 2.13. The van der Waals surface area contributed by atoms with Crippen molar-refractivity contribution in [3.8, 4) is 0 Å². The molecule has 0 amide bonds. The zero-order chi connectivity index (χ0) is 13.4. The molecule has 0 aromatic heterocycles. The van der Waals surface area contributed by atoms with Crippen molar-refractivity contribution >= 4 is 23.6 Å². The highest BCUT2D eigenvalue weighted by molar-refractivity contribution is 5.84. The number of hydrogen-bond donors (Lipinski definition) is 2. The monoisotopic (exact) mass is 248 g/mol. The first-order chi connectivity index (χ1) is 8.67. The van der Waals surface area contributed by atoms with Gasteiger partial charge in [-0.3, -0.25) is 4.79 Å². The van der Waals surface area contributed by atoms with Crippen LogP contribution in [-0.2, 0) is 14.3 Å². The van der Waals surface area contributed by atoms with Crippen LogP contribution in [0.2, 0.25) is 0 Å². The highest BCUT2D eigenvalue weighted by Gasteiger charge is 2.11. The second-order valence-electron chi connectivity index (χ2n) is 3.54. The third-order valence-electron chi connectivity index (χ3n) is 2.13. The molecule has 0 bridgehead atoms. The smallest absolute Gasteiger partial charge is 0.315 e. The number of allylic oxidation sites excluding steroid dienone is 1. The van der Waals surface area contributed by atoms with Gasteiger partial charge < -0.3 is 20.6 Å². The fraction of sp³-hybridized carbons (Fsp3) is 0.231. The van der Waals surface area contributed by atoms with Gasteiger partial charge in [-0.05, 0) is 25.1 Å². The van der Waals surface area contributed by atoms with Gasteiger partial charge in [-0.15, -0.1) is 0 Å². The van der Waals surface area contributed by atoms with Crippen molar-refractivity contribution in [3.05, 3.63) is 36.4 Å². The quantitative estimate of drug-likeness (QED) is 0.200. The highest BCUT2D eigenvalue weighted by Crippen LogP contribution is 2.18. The Balaban J connectivity index is 2.71. The zero-order valence-corrected chi connectivity index (χ0v) is 10.1. The van der Waals surface area contributed by atoms with E-state index in [0.717, 1.165) is 0 Å². The van der Waals surface area contributed by atoms with Crippen LogP contribution >= 0.6 is 0 Å². The number of benzene rings is 1. The first kappa shape index (κ1) is 13.8. The molecule has 0 heterocycles. The zero-order valence-electron chi connectivity index (χ0n) is 10.1. The van der Waals surface area contributed by atoms with Gasteiger partial charge in [0.2, 0.25) is 0 Å². The van der Waals surface area contributed by atoms with Gasteiger partial charge in [-0.2, -0.15) is 0 Å². The predicted molar refractivity (Wildman–Crippen MR) is 69.9 cm³/mol. The molecule has 0 aliphatic rings. The van der Waals surface area contributed by atoms with Gasteiger partial charge >= 0.3 is 5.97 Å². The van der Waals surface area contributed by atoms with Gasteiger partial charge in [-0.1, -0.05) is 18.2 Å². The lowest BCUT2D eigenvalue weighted by Crippen LogP contribution is -2.25. The van der Waals surface area contributed by atoms with E-state index in [0.29, 0.717) is 17.7 Å². The molecule has 1 atom stereocenters. The number of nitrogen functional groups attached to an aromatic ring is 1. The van der Waals surface area contributed by atoms with E-state index in [1.807, 2.05) is 12.1 Å².